The van der Waals surface area contributed by atoms with Gasteiger partial charge in [0.1, 0.15) is 24.5 Å². The van der Waals surface area contributed by atoms with Crippen molar-refractivity contribution < 1.29 is 27.6 Å². The number of halogens is 2. The Labute approximate surface area is 199 Å². The second-order valence-corrected chi connectivity index (χ2v) is 8.43. The number of carbonyl (C=O) groups is 1. The number of fused-ring (bicyclic) bond motifs is 1. The Bertz CT molecular complexity index is 1200. The molecule has 2 unspecified atom stereocenters. The second-order valence-electron chi connectivity index (χ2n) is 8.43. The Hall–Kier alpha value is -4.04. The largest absolute Gasteiger partial charge is 0.471 e. The van der Waals surface area contributed by atoms with E-state index in [9.17, 15) is 13.6 Å². The summed E-state index contributed by atoms with van der Waals surface area (Å²) in [5.41, 5.74) is 0.166. The third-order valence-corrected chi connectivity index (χ3v) is 6.23. The third kappa shape index (κ3) is 4.79. The summed E-state index contributed by atoms with van der Waals surface area (Å²) in [5, 5.41) is 15.2. The zero-order valence-corrected chi connectivity index (χ0v) is 18.4. The summed E-state index contributed by atoms with van der Waals surface area (Å²) < 4.78 is 44.2. The Morgan fingerprint density at radius 2 is 2.00 bits per heavy atom. The summed E-state index contributed by atoms with van der Waals surface area (Å²) in [5.74, 6) is 0.514. The van der Waals surface area contributed by atoms with Gasteiger partial charge < -0.3 is 19.3 Å². The van der Waals surface area contributed by atoms with E-state index in [1.165, 1.54) is 24.7 Å². The minimum Gasteiger partial charge on any atom is -0.471 e. The Balaban J connectivity index is 0.000000265. The number of carbonyl (C=O) groups excluding carboxylic acids is 1. The van der Waals surface area contributed by atoms with Crippen LogP contribution in [0.4, 0.5) is 19.3 Å². The molecular formula is C24H21F2N5O4. The molecular weight excluding hydrogens is 460 g/mol. The average Bonchev–Trinajstić information content (AvgIpc) is 3.33. The number of cyclic esters (lactones) is 1. The molecule has 2 aromatic heterocycles. The molecule has 2 aliphatic heterocycles. The van der Waals surface area contributed by atoms with Crippen LogP contribution >= 0.6 is 0 Å². The number of nitriles is 1. The standard InChI is InChI=1S/C18H13F2N3O4.C6H8N2/c19-14-6-12(7-15(20)17(14)11-2-1-4-21-8-11)23-9-13(27-18(23)24)10-25-16-3-5-26-22-16;7-1-4-5-2-8-3-6(4)5/h1-8,13H,9-10H2;4-6,8H,2-3H2/t;4?,5-,6+. The maximum absolute atomic E-state index is 14.5. The molecule has 4 heterocycles. The molecule has 1 N–H and O–H groups in total. The number of benzene rings is 1. The number of aromatic nitrogens is 2. The van der Waals surface area contributed by atoms with E-state index in [0.29, 0.717) is 11.5 Å². The van der Waals surface area contributed by atoms with Gasteiger partial charge in [-0.3, -0.25) is 9.88 Å². The van der Waals surface area contributed by atoms with Gasteiger partial charge in [0.25, 0.3) is 5.88 Å². The van der Waals surface area contributed by atoms with Crippen LogP contribution in [0.15, 0.2) is 53.5 Å². The molecule has 3 aliphatic rings. The zero-order valence-electron chi connectivity index (χ0n) is 18.4. The molecule has 3 aromatic rings. The number of pyridine rings is 1. The lowest BCUT2D eigenvalue weighted by Crippen LogP contribution is -2.26. The minimum absolute atomic E-state index is 0.0352. The molecule has 9 nitrogen and oxygen atoms in total. The highest BCUT2D eigenvalue weighted by Gasteiger charge is 2.53. The first kappa shape index (κ1) is 22.7. The summed E-state index contributed by atoms with van der Waals surface area (Å²) in [7, 11) is 0. The number of rotatable bonds is 5. The fraction of sp³-hybridized carbons (Fsp3) is 0.333. The van der Waals surface area contributed by atoms with Crippen LogP contribution in [-0.2, 0) is 4.74 Å². The quantitative estimate of drug-likeness (QED) is 0.590. The van der Waals surface area contributed by atoms with Crippen LogP contribution in [0, 0.1) is 40.7 Å². The normalized spacial score (nSPS) is 24.1. The van der Waals surface area contributed by atoms with Gasteiger partial charge in [-0.05, 0) is 48.3 Å². The van der Waals surface area contributed by atoms with Crippen molar-refractivity contribution in [2.24, 2.45) is 17.8 Å². The SMILES string of the molecule is N#CC1[C@H]2CNC[C@@H]12.O=C1OC(COc2ccon2)CN1c1cc(F)c(-c2cccnc2)c(F)c1. The van der Waals surface area contributed by atoms with Gasteiger partial charge in [-0.1, -0.05) is 6.07 Å². The van der Waals surface area contributed by atoms with Crippen molar-refractivity contribution in [3.8, 4) is 23.1 Å². The number of ether oxygens (including phenoxy) is 2. The maximum Gasteiger partial charge on any atom is 0.414 e. The molecule has 1 aromatic carbocycles. The van der Waals surface area contributed by atoms with E-state index >= 15 is 0 Å². The van der Waals surface area contributed by atoms with E-state index in [0.717, 1.165) is 42.0 Å². The maximum atomic E-state index is 14.5. The number of hydrogen-bond acceptors (Lipinski definition) is 8. The van der Waals surface area contributed by atoms with Gasteiger partial charge in [0, 0.05) is 24.0 Å². The number of piperidine rings is 1. The molecule has 11 heteroatoms. The highest BCUT2D eigenvalue weighted by molar-refractivity contribution is 5.90. The topological polar surface area (TPSA) is 114 Å². The Morgan fingerprint density at radius 1 is 1.23 bits per heavy atom. The summed E-state index contributed by atoms with van der Waals surface area (Å²) in [6.07, 6.45) is 2.89. The van der Waals surface area contributed by atoms with Crippen LogP contribution in [0.2, 0.25) is 0 Å². The van der Waals surface area contributed by atoms with Crippen molar-refractivity contribution in [3.63, 3.8) is 0 Å². The Kier molecular flexibility index (Phi) is 6.29. The lowest BCUT2D eigenvalue weighted by atomic mass is 10.1. The van der Waals surface area contributed by atoms with Crippen LogP contribution in [-0.4, -0.2) is 48.6 Å². The van der Waals surface area contributed by atoms with Crippen molar-refractivity contribution in [1.82, 2.24) is 15.5 Å². The zero-order chi connectivity index (χ0) is 24.4. The van der Waals surface area contributed by atoms with Gasteiger partial charge in [-0.15, -0.1) is 0 Å². The van der Waals surface area contributed by atoms with Crippen LogP contribution in [0.1, 0.15) is 0 Å². The number of hydrogen-bond donors (Lipinski definition) is 1. The van der Waals surface area contributed by atoms with E-state index in [2.05, 4.69) is 26.0 Å². The van der Waals surface area contributed by atoms with Crippen molar-refractivity contribution in [2.45, 2.75) is 6.10 Å². The van der Waals surface area contributed by atoms with Crippen molar-refractivity contribution in [1.29, 1.82) is 5.26 Å². The van der Waals surface area contributed by atoms with E-state index in [-0.39, 0.29) is 30.3 Å². The lowest BCUT2D eigenvalue weighted by Gasteiger charge is -2.15. The van der Waals surface area contributed by atoms with Crippen molar-refractivity contribution in [2.75, 3.05) is 31.1 Å². The smallest absolute Gasteiger partial charge is 0.414 e. The van der Waals surface area contributed by atoms with Crippen LogP contribution in [0.3, 0.4) is 0 Å². The summed E-state index contributed by atoms with van der Waals surface area (Å²) in [6.45, 7) is 2.29. The fourth-order valence-electron chi connectivity index (χ4n) is 4.39. The van der Waals surface area contributed by atoms with Gasteiger partial charge in [-0.25, -0.2) is 13.6 Å². The van der Waals surface area contributed by atoms with Gasteiger partial charge >= 0.3 is 6.09 Å². The first-order chi connectivity index (χ1) is 17.0. The van der Waals surface area contributed by atoms with Crippen LogP contribution in [0.25, 0.3) is 11.1 Å². The molecule has 1 aliphatic carbocycles. The van der Waals surface area contributed by atoms with E-state index < -0.39 is 23.8 Å². The summed E-state index contributed by atoms with van der Waals surface area (Å²) in [4.78, 5) is 17.1. The Morgan fingerprint density at radius 3 is 2.60 bits per heavy atom. The average molecular weight is 481 g/mol. The number of nitrogens with one attached hydrogen (secondary N) is 1. The summed E-state index contributed by atoms with van der Waals surface area (Å²) >= 11 is 0. The van der Waals surface area contributed by atoms with Gasteiger partial charge in [0.2, 0.25) is 0 Å². The molecule has 4 atom stereocenters. The minimum atomic E-state index is -0.798. The number of anilines is 1. The van der Waals surface area contributed by atoms with Gasteiger partial charge in [0.15, 0.2) is 6.10 Å². The first-order valence-electron chi connectivity index (χ1n) is 11.1. The predicted octanol–water partition coefficient (Wildman–Crippen LogP) is 3.39. The monoisotopic (exact) mass is 481 g/mol. The van der Waals surface area contributed by atoms with Crippen molar-refractivity contribution >= 4 is 11.8 Å². The first-order valence-corrected chi connectivity index (χ1v) is 11.1. The van der Waals surface area contributed by atoms with Gasteiger partial charge in [0.05, 0.1) is 29.8 Å². The highest BCUT2D eigenvalue weighted by Crippen LogP contribution is 2.47. The van der Waals surface area contributed by atoms with E-state index in [1.807, 2.05) is 0 Å². The molecule has 3 fully saturated rings. The number of nitrogens with zero attached hydrogens (tertiary/aromatic N) is 4. The molecule has 0 radical (unpaired) electrons. The third-order valence-electron chi connectivity index (χ3n) is 6.23. The lowest BCUT2D eigenvalue weighted by molar-refractivity contribution is 0.102. The van der Waals surface area contributed by atoms with Crippen LogP contribution in [0.5, 0.6) is 5.88 Å². The fourth-order valence-corrected chi connectivity index (χ4v) is 4.39. The molecule has 1 saturated carbocycles. The molecule has 6 rings (SSSR count). The van der Waals surface area contributed by atoms with E-state index in [1.54, 1.807) is 12.1 Å². The molecule has 1 amide bonds. The predicted molar refractivity (Wildman–Crippen MR) is 118 cm³/mol. The summed E-state index contributed by atoms with van der Waals surface area (Å²) in [6, 6.07) is 9.13. The molecule has 180 valence electrons. The van der Waals surface area contributed by atoms with Crippen LogP contribution < -0.4 is 15.0 Å². The second kappa shape index (κ2) is 9.68. The molecule has 0 spiro atoms. The van der Waals surface area contributed by atoms with Gasteiger partial charge in [-0.2, -0.15) is 5.26 Å². The molecule has 2 saturated heterocycles. The molecule has 0 bridgehead atoms. The van der Waals surface area contributed by atoms with Crippen molar-refractivity contribution in [3.05, 3.63) is 60.6 Å². The number of amides is 1. The molecule has 35 heavy (non-hydrogen) atoms. The van der Waals surface area contributed by atoms with E-state index in [4.69, 9.17) is 14.7 Å². The highest BCUT2D eigenvalue weighted by atomic mass is 19.1.